The van der Waals surface area contributed by atoms with Crippen molar-refractivity contribution in [2.45, 2.75) is 24.7 Å². The first kappa shape index (κ1) is 36.2. The van der Waals surface area contributed by atoms with Crippen LogP contribution in [0.5, 0.6) is 0 Å². The van der Waals surface area contributed by atoms with Gasteiger partial charge in [0.2, 0.25) is 0 Å². The molecule has 0 spiro atoms. The van der Waals surface area contributed by atoms with E-state index in [4.69, 9.17) is 9.97 Å². The molecule has 0 atom stereocenters. The van der Waals surface area contributed by atoms with E-state index >= 15 is 0 Å². The van der Waals surface area contributed by atoms with Crippen molar-refractivity contribution in [3.8, 4) is 67.3 Å². The Morgan fingerprint density at radius 3 is 1.50 bits per heavy atom. The third-order valence-corrected chi connectivity index (χ3v) is 13.6. The normalized spacial score (nSPS) is 13.9. The molecule has 2 aliphatic carbocycles. The summed E-state index contributed by atoms with van der Waals surface area (Å²) in [5.74, 6) is 0.699. The fraction of sp³-hybridized carbons (Fsp3) is 0.0667. The lowest BCUT2D eigenvalue weighted by atomic mass is 9.66. The summed E-state index contributed by atoms with van der Waals surface area (Å²) in [5, 5.41) is 2.35. The highest BCUT2D eigenvalue weighted by Gasteiger charge is 2.47. The van der Waals surface area contributed by atoms with Crippen LogP contribution in [0.4, 0.5) is 0 Å². The molecule has 9 aromatic carbocycles. The highest BCUT2D eigenvalue weighted by atomic mass is 14.9. The summed E-state index contributed by atoms with van der Waals surface area (Å²) in [6.45, 7) is 4.70. The van der Waals surface area contributed by atoms with Crippen LogP contribution in [0.1, 0.15) is 47.2 Å². The molecule has 0 saturated carbocycles. The second-order valence-electron chi connectivity index (χ2n) is 17.2. The number of nitrogens with zero attached hydrogens (tertiary/aromatic N) is 2. The van der Waals surface area contributed by atoms with Crippen molar-refractivity contribution >= 4 is 10.8 Å². The molecule has 62 heavy (non-hydrogen) atoms. The summed E-state index contributed by atoms with van der Waals surface area (Å²) in [7, 11) is 0. The maximum atomic E-state index is 5.49. The van der Waals surface area contributed by atoms with Crippen LogP contribution in [0.3, 0.4) is 0 Å². The molecule has 0 fully saturated rings. The van der Waals surface area contributed by atoms with Gasteiger partial charge in [-0.25, -0.2) is 9.97 Å². The minimum atomic E-state index is -0.580. The molecule has 2 nitrogen and oxygen atoms in total. The third-order valence-electron chi connectivity index (χ3n) is 13.6. The van der Waals surface area contributed by atoms with Crippen LogP contribution in [0.25, 0.3) is 78.1 Å². The standard InChI is InChI=1S/C60H42N2/c1-59(2)52-31-16-14-27-46(52)48-34-33-40(37-54(48)59)43-35-36-49(45-26-13-12-25-44(43)45)55-38-56(62-58(61-55)39-19-6-3-7-20-39)51-30-18-29-50-47-28-15-17-32-53(47)60(57(50)51,41-21-8-4-9-22-41)42-23-10-5-11-24-42/h3-38H,1-2H3. The van der Waals surface area contributed by atoms with Crippen LogP contribution in [0.2, 0.25) is 0 Å². The van der Waals surface area contributed by atoms with Crippen LogP contribution in [0.15, 0.2) is 218 Å². The minimum Gasteiger partial charge on any atom is -0.228 e. The number of fused-ring (bicyclic) bond motifs is 7. The summed E-state index contributed by atoms with van der Waals surface area (Å²) in [6.07, 6.45) is 0. The van der Waals surface area contributed by atoms with Crippen LogP contribution in [-0.2, 0) is 10.8 Å². The van der Waals surface area contributed by atoms with Gasteiger partial charge in [0.1, 0.15) is 0 Å². The lowest BCUT2D eigenvalue weighted by Gasteiger charge is -2.35. The molecule has 0 amide bonds. The summed E-state index contributed by atoms with van der Waals surface area (Å²) in [4.78, 5) is 10.9. The van der Waals surface area contributed by atoms with Crippen molar-refractivity contribution in [3.63, 3.8) is 0 Å². The predicted octanol–water partition coefficient (Wildman–Crippen LogP) is 15.0. The maximum absolute atomic E-state index is 5.49. The smallest absolute Gasteiger partial charge is 0.160 e. The highest BCUT2D eigenvalue weighted by molar-refractivity contribution is 6.05. The Kier molecular flexibility index (Phi) is 8.14. The van der Waals surface area contributed by atoms with E-state index < -0.39 is 5.41 Å². The van der Waals surface area contributed by atoms with Gasteiger partial charge in [-0.2, -0.15) is 0 Å². The lowest BCUT2D eigenvalue weighted by Crippen LogP contribution is -2.29. The van der Waals surface area contributed by atoms with Crippen molar-refractivity contribution in [2.24, 2.45) is 0 Å². The van der Waals surface area contributed by atoms with Gasteiger partial charge in [0.15, 0.2) is 5.82 Å². The molecular formula is C60H42N2. The molecule has 0 bridgehead atoms. The Morgan fingerprint density at radius 1 is 0.323 bits per heavy atom. The highest BCUT2D eigenvalue weighted by Crippen LogP contribution is 2.59. The quantitative estimate of drug-likeness (QED) is 0.168. The van der Waals surface area contributed by atoms with Crippen molar-refractivity contribution < 1.29 is 0 Å². The van der Waals surface area contributed by atoms with Crippen LogP contribution in [0, 0.1) is 0 Å². The first-order valence-electron chi connectivity index (χ1n) is 21.6. The molecule has 10 aromatic rings. The number of aromatic nitrogens is 2. The van der Waals surface area contributed by atoms with Gasteiger partial charge in [-0.3, -0.25) is 0 Å². The van der Waals surface area contributed by atoms with E-state index in [1.807, 2.05) is 0 Å². The van der Waals surface area contributed by atoms with Gasteiger partial charge in [0, 0.05) is 22.1 Å². The van der Waals surface area contributed by atoms with E-state index in [1.165, 1.54) is 72.1 Å². The average Bonchev–Trinajstić information content (AvgIpc) is 3.77. The Balaban J connectivity index is 1.09. The Hall–Kier alpha value is -7.68. The van der Waals surface area contributed by atoms with E-state index in [-0.39, 0.29) is 5.41 Å². The monoisotopic (exact) mass is 790 g/mol. The topological polar surface area (TPSA) is 25.8 Å². The van der Waals surface area contributed by atoms with Gasteiger partial charge in [-0.1, -0.05) is 220 Å². The van der Waals surface area contributed by atoms with E-state index in [0.29, 0.717) is 5.82 Å². The molecule has 0 unspecified atom stereocenters. The van der Waals surface area contributed by atoms with Gasteiger partial charge in [0.05, 0.1) is 16.8 Å². The summed E-state index contributed by atoms with van der Waals surface area (Å²) in [5.41, 5.74) is 19.6. The summed E-state index contributed by atoms with van der Waals surface area (Å²) in [6, 6.07) is 79.6. The van der Waals surface area contributed by atoms with E-state index in [0.717, 1.165) is 33.5 Å². The van der Waals surface area contributed by atoms with Crippen molar-refractivity contribution in [1.82, 2.24) is 9.97 Å². The molecule has 12 rings (SSSR count). The van der Waals surface area contributed by atoms with Crippen molar-refractivity contribution in [3.05, 3.63) is 252 Å². The Labute approximate surface area is 362 Å². The largest absolute Gasteiger partial charge is 0.228 e. The number of hydrogen-bond donors (Lipinski definition) is 0. The SMILES string of the molecule is CC1(C)c2ccccc2-c2ccc(-c3ccc(-c4cc(-c5cccc6c5C(c5ccccc5)(c5ccccc5)c5ccccc5-6)nc(-c5ccccc5)n4)c4ccccc34)cc21. The molecule has 2 heteroatoms. The van der Waals surface area contributed by atoms with Gasteiger partial charge < -0.3 is 0 Å². The molecule has 1 heterocycles. The third kappa shape index (κ3) is 5.29. The molecule has 292 valence electrons. The minimum absolute atomic E-state index is 0.0829. The number of hydrogen-bond acceptors (Lipinski definition) is 2. The van der Waals surface area contributed by atoms with Gasteiger partial charge >= 0.3 is 0 Å². The second kappa shape index (κ2) is 13.9. The van der Waals surface area contributed by atoms with Crippen LogP contribution >= 0.6 is 0 Å². The van der Waals surface area contributed by atoms with Crippen LogP contribution in [-0.4, -0.2) is 9.97 Å². The van der Waals surface area contributed by atoms with E-state index in [9.17, 15) is 0 Å². The van der Waals surface area contributed by atoms with Gasteiger partial charge in [-0.05, 0) is 89.7 Å². The summed E-state index contributed by atoms with van der Waals surface area (Å²) < 4.78 is 0. The Morgan fingerprint density at radius 2 is 0.806 bits per heavy atom. The van der Waals surface area contributed by atoms with Crippen molar-refractivity contribution in [1.29, 1.82) is 0 Å². The first-order chi connectivity index (χ1) is 30.5. The Bertz CT molecular complexity index is 3330. The lowest BCUT2D eigenvalue weighted by molar-refractivity contribution is 0.660. The number of benzene rings is 9. The molecule has 1 aromatic heterocycles. The molecule has 0 N–H and O–H groups in total. The summed E-state index contributed by atoms with van der Waals surface area (Å²) >= 11 is 0. The fourth-order valence-electron chi connectivity index (χ4n) is 10.8. The van der Waals surface area contributed by atoms with Crippen molar-refractivity contribution in [2.75, 3.05) is 0 Å². The second-order valence-corrected chi connectivity index (χ2v) is 17.2. The zero-order chi connectivity index (χ0) is 41.4. The van der Waals surface area contributed by atoms with Crippen LogP contribution < -0.4 is 0 Å². The average molecular weight is 791 g/mol. The first-order valence-corrected chi connectivity index (χ1v) is 21.6. The molecule has 0 aliphatic heterocycles. The molecule has 0 saturated heterocycles. The predicted molar refractivity (Wildman–Crippen MR) is 256 cm³/mol. The van der Waals surface area contributed by atoms with E-state index in [1.54, 1.807) is 0 Å². The van der Waals surface area contributed by atoms with Gasteiger partial charge in [-0.15, -0.1) is 0 Å². The molecule has 2 aliphatic rings. The fourth-order valence-corrected chi connectivity index (χ4v) is 10.8. The maximum Gasteiger partial charge on any atom is 0.160 e. The van der Waals surface area contributed by atoms with Gasteiger partial charge in [0.25, 0.3) is 0 Å². The molecule has 0 radical (unpaired) electrons. The molecular weight excluding hydrogens is 749 g/mol. The zero-order valence-corrected chi connectivity index (χ0v) is 34.7. The number of rotatable bonds is 6. The zero-order valence-electron chi connectivity index (χ0n) is 34.7. The van der Waals surface area contributed by atoms with E-state index in [2.05, 4.69) is 232 Å².